The second-order valence-corrected chi connectivity index (χ2v) is 6.88. The molecule has 1 aromatic heterocycles. The highest BCUT2D eigenvalue weighted by Gasteiger charge is 2.30. The molecule has 0 unspecified atom stereocenters. The van der Waals surface area contributed by atoms with Gasteiger partial charge in [-0.15, -0.1) is 0 Å². The number of hydrogen-bond donors (Lipinski definition) is 0. The Labute approximate surface area is 153 Å². The summed E-state index contributed by atoms with van der Waals surface area (Å²) in [6.07, 6.45) is -0.106. The van der Waals surface area contributed by atoms with Gasteiger partial charge in [0.25, 0.3) is 5.91 Å². The van der Waals surface area contributed by atoms with Crippen molar-refractivity contribution in [2.24, 2.45) is 0 Å². The summed E-state index contributed by atoms with van der Waals surface area (Å²) < 4.78 is 6.09. The molecule has 2 aromatic carbocycles. The maximum atomic E-state index is 13.3. The molecule has 1 aliphatic rings. The van der Waals surface area contributed by atoms with Crippen molar-refractivity contribution in [1.82, 2.24) is 9.88 Å². The SMILES string of the molecule is Cc1cc(C(=O)N2C[C@@H](C)O[C@H](c3ccccc3)C2)c2ccccc2n1. The number of ether oxygens (including phenoxy) is 1. The third kappa shape index (κ3) is 3.20. The molecule has 4 rings (SSSR count). The molecule has 0 aliphatic carbocycles. The Morgan fingerprint density at radius 2 is 1.81 bits per heavy atom. The van der Waals surface area contributed by atoms with E-state index in [1.54, 1.807) is 0 Å². The lowest BCUT2D eigenvalue weighted by Crippen LogP contribution is -2.46. The van der Waals surface area contributed by atoms with Crippen molar-refractivity contribution in [3.63, 3.8) is 0 Å². The smallest absolute Gasteiger partial charge is 0.254 e. The molecule has 3 aromatic rings. The van der Waals surface area contributed by atoms with E-state index in [0.717, 1.165) is 22.2 Å². The molecule has 0 bridgehead atoms. The minimum Gasteiger partial charge on any atom is -0.367 e. The minimum absolute atomic E-state index is 0.00731. The first-order chi connectivity index (χ1) is 12.6. The number of hydrogen-bond acceptors (Lipinski definition) is 3. The summed E-state index contributed by atoms with van der Waals surface area (Å²) >= 11 is 0. The van der Waals surface area contributed by atoms with Gasteiger partial charge in [0.15, 0.2) is 0 Å². The van der Waals surface area contributed by atoms with Gasteiger partial charge < -0.3 is 9.64 Å². The molecule has 4 heteroatoms. The average Bonchev–Trinajstić information content (AvgIpc) is 2.67. The van der Waals surface area contributed by atoms with E-state index in [2.05, 4.69) is 17.1 Å². The quantitative estimate of drug-likeness (QED) is 0.700. The highest BCUT2D eigenvalue weighted by atomic mass is 16.5. The highest BCUT2D eigenvalue weighted by molar-refractivity contribution is 6.06. The number of carbonyl (C=O) groups is 1. The van der Waals surface area contributed by atoms with Gasteiger partial charge in [-0.25, -0.2) is 0 Å². The maximum absolute atomic E-state index is 13.3. The van der Waals surface area contributed by atoms with E-state index >= 15 is 0 Å². The van der Waals surface area contributed by atoms with Crippen molar-refractivity contribution in [2.45, 2.75) is 26.1 Å². The van der Waals surface area contributed by atoms with Crippen LogP contribution >= 0.6 is 0 Å². The molecule has 26 heavy (non-hydrogen) atoms. The number of rotatable bonds is 2. The number of amides is 1. The van der Waals surface area contributed by atoms with Gasteiger partial charge >= 0.3 is 0 Å². The number of morpholine rings is 1. The molecular formula is C22H22N2O2. The fraction of sp³-hybridized carbons (Fsp3) is 0.273. The largest absolute Gasteiger partial charge is 0.367 e. The molecular weight excluding hydrogens is 324 g/mol. The third-order valence-electron chi connectivity index (χ3n) is 4.79. The van der Waals surface area contributed by atoms with E-state index in [1.165, 1.54) is 0 Å². The lowest BCUT2D eigenvalue weighted by atomic mass is 10.0. The first kappa shape index (κ1) is 16.7. The van der Waals surface area contributed by atoms with Crippen LogP contribution in [0.25, 0.3) is 10.9 Å². The third-order valence-corrected chi connectivity index (χ3v) is 4.79. The number of aryl methyl sites for hydroxylation is 1. The van der Waals surface area contributed by atoms with Crippen LogP contribution in [0.2, 0.25) is 0 Å². The van der Waals surface area contributed by atoms with Gasteiger partial charge in [-0.2, -0.15) is 0 Å². The molecule has 132 valence electrons. The van der Waals surface area contributed by atoms with Crippen molar-refractivity contribution in [1.29, 1.82) is 0 Å². The van der Waals surface area contributed by atoms with E-state index in [0.29, 0.717) is 18.7 Å². The number of para-hydroxylation sites is 1. The van der Waals surface area contributed by atoms with E-state index < -0.39 is 0 Å². The van der Waals surface area contributed by atoms with Crippen molar-refractivity contribution in [3.05, 3.63) is 77.5 Å². The fourth-order valence-electron chi connectivity index (χ4n) is 3.62. The molecule has 2 heterocycles. The Balaban J connectivity index is 1.68. The molecule has 1 aliphatic heterocycles. The van der Waals surface area contributed by atoms with Crippen LogP contribution in [-0.4, -0.2) is 35.0 Å². The Bertz CT molecular complexity index is 939. The van der Waals surface area contributed by atoms with Crippen LogP contribution in [0.1, 0.15) is 34.6 Å². The summed E-state index contributed by atoms with van der Waals surface area (Å²) in [5.74, 6) is 0.0442. The van der Waals surface area contributed by atoms with E-state index in [1.807, 2.05) is 67.3 Å². The molecule has 0 radical (unpaired) electrons. The van der Waals surface area contributed by atoms with Crippen LogP contribution in [0.4, 0.5) is 0 Å². The molecule has 0 N–H and O–H groups in total. The topological polar surface area (TPSA) is 42.4 Å². The van der Waals surface area contributed by atoms with Crippen molar-refractivity contribution >= 4 is 16.8 Å². The minimum atomic E-state index is -0.0990. The van der Waals surface area contributed by atoms with Crippen LogP contribution in [0.5, 0.6) is 0 Å². The van der Waals surface area contributed by atoms with Crippen LogP contribution in [0, 0.1) is 6.92 Å². The van der Waals surface area contributed by atoms with Gasteiger partial charge in [0.05, 0.1) is 23.7 Å². The number of nitrogens with zero attached hydrogens (tertiary/aromatic N) is 2. The molecule has 1 amide bonds. The van der Waals surface area contributed by atoms with E-state index in [4.69, 9.17) is 4.74 Å². The molecule has 1 fully saturated rings. The van der Waals surface area contributed by atoms with Crippen LogP contribution < -0.4 is 0 Å². The summed E-state index contributed by atoms with van der Waals surface area (Å²) in [4.78, 5) is 19.8. The summed E-state index contributed by atoms with van der Waals surface area (Å²) in [5.41, 5.74) is 3.53. The van der Waals surface area contributed by atoms with Gasteiger partial charge in [0.2, 0.25) is 0 Å². The molecule has 0 spiro atoms. The summed E-state index contributed by atoms with van der Waals surface area (Å²) in [5, 5.41) is 0.901. The van der Waals surface area contributed by atoms with Gasteiger partial charge in [0.1, 0.15) is 6.10 Å². The molecule has 2 atom stereocenters. The zero-order chi connectivity index (χ0) is 18.1. The first-order valence-corrected chi connectivity index (χ1v) is 8.98. The van der Waals surface area contributed by atoms with Crippen molar-refractivity contribution in [3.8, 4) is 0 Å². The predicted molar refractivity (Wildman–Crippen MR) is 102 cm³/mol. The highest BCUT2D eigenvalue weighted by Crippen LogP contribution is 2.27. The Hall–Kier alpha value is -2.72. The summed E-state index contributed by atoms with van der Waals surface area (Å²) in [7, 11) is 0. The lowest BCUT2D eigenvalue weighted by molar-refractivity contribution is -0.0691. The van der Waals surface area contributed by atoms with Crippen LogP contribution in [0.3, 0.4) is 0 Å². The number of pyridine rings is 1. The zero-order valence-electron chi connectivity index (χ0n) is 15.1. The van der Waals surface area contributed by atoms with Crippen molar-refractivity contribution in [2.75, 3.05) is 13.1 Å². The molecule has 0 saturated carbocycles. The number of aromatic nitrogens is 1. The van der Waals surface area contributed by atoms with Gasteiger partial charge in [-0.05, 0) is 31.5 Å². The van der Waals surface area contributed by atoms with Crippen molar-refractivity contribution < 1.29 is 9.53 Å². The average molecular weight is 346 g/mol. The second-order valence-electron chi connectivity index (χ2n) is 6.88. The number of fused-ring (bicyclic) bond motifs is 1. The Morgan fingerprint density at radius 1 is 1.08 bits per heavy atom. The van der Waals surface area contributed by atoms with Gasteiger partial charge in [-0.3, -0.25) is 9.78 Å². The first-order valence-electron chi connectivity index (χ1n) is 8.98. The zero-order valence-corrected chi connectivity index (χ0v) is 15.1. The Morgan fingerprint density at radius 3 is 2.62 bits per heavy atom. The Kier molecular flexibility index (Phi) is 4.43. The molecule has 1 saturated heterocycles. The van der Waals surface area contributed by atoms with E-state index in [9.17, 15) is 4.79 Å². The standard InChI is InChI=1S/C22H22N2O2/c1-15-12-19(18-10-6-7-11-20(18)23-15)22(25)24-13-16(2)26-21(14-24)17-8-4-3-5-9-17/h3-12,16,21H,13-14H2,1-2H3/t16-,21+/m1/s1. The summed E-state index contributed by atoms with van der Waals surface area (Å²) in [6.45, 7) is 5.10. The monoisotopic (exact) mass is 346 g/mol. The normalized spacial score (nSPS) is 20.3. The second kappa shape index (κ2) is 6.89. The molecule has 4 nitrogen and oxygen atoms in total. The van der Waals surface area contributed by atoms with Crippen LogP contribution in [0.15, 0.2) is 60.7 Å². The fourth-order valence-corrected chi connectivity index (χ4v) is 3.62. The maximum Gasteiger partial charge on any atom is 0.254 e. The predicted octanol–water partition coefficient (Wildman–Crippen LogP) is 4.15. The van der Waals surface area contributed by atoms with Crippen LogP contribution in [-0.2, 0) is 4.74 Å². The summed E-state index contributed by atoms with van der Waals surface area (Å²) in [6, 6.07) is 19.8. The number of benzene rings is 2. The number of carbonyl (C=O) groups excluding carboxylic acids is 1. The van der Waals surface area contributed by atoms with E-state index in [-0.39, 0.29) is 18.1 Å². The lowest BCUT2D eigenvalue weighted by Gasteiger charge is -2.37. The van der Waals surface area contributed by atoms with Gasteiger partial charge in [0, 0.05) is 17.6 Å². The van der Waals surface area contributed by atoms with Gasteiger partial charge in [-0.1, -0.05) is 48.5 Å².